The Morgan fingerprint density at radius 2 is 1.97 bits per heavy atom. The smallest absolute Gasteiger partial charge is 0.247 e. The molecule has 6 heteroatoms. The number of furan rings is 1. The number of hydrogen-bond acceptors (Lipinski definition) is 4. The second kappa shape index (κ2) is 10.1. The second-order valence-electron chi connectivity index (χ2n) is 7.59. The molecule has 0 radical (unpaired) electrons. The van der Waals surface area contributed by atoms with Crippen LogP contribution in [0.4, 0.5) is 5.69 Å². The van der Waals surface area contributed by atoms with Gasteiger partial charge in [0.25, 0.3) is 0 Å². The molecule has 6 nitrogen and oxygen atoms in total. The van der Waals surface area contributed by atoms with Crippen molar-refractivity contribution < 1.29 is 14.0 Å². The molecule has 0 spiro atoms. The number of nitrogens with one attached hydrogen (secondary N) is 1. The van der Waals surface area contributed by atoms with Crippen LogP contribution in [0, 0.1) is 0 Å². The first-order valence-electron chi connectivity index (χ1n) is 10.1. The van der Waals surface area contributed by atoms with Crippen molar-refractivity contribution in [1.29, 1.82) is 0 Å². The van der Waals surface area contributed by atoms with Crippen molar-refractivity contribution in [2.24, 2.45) is 0 Å². The normalized spacial score (nSPS) is 14.5. The Labute approximate surface area is 172 Å². The molecule has 2 amide bonds. The molecule has 29 heavy (non-hydrogen) atoms. The van der Waals surface area contributed by atoms with E-state index in [4.69, 9.17) is 4.42 Å². The highest BCUT2D eigenvalue weighted by atomic mass is 16.3. The number of anilines is 1. The van der Waals surface area contributed by atoms with Crippen LogP contribution in [0.25, 0.3) is 0 Å². The third-order valence-electron chi connectivity index (χ3n) is 4.96. The van der Waals surface area contributed by atoms with E-state index in [1.165, 1.54) is 0 Å². The average Bonchev–Trinajstić information content (AvgIpc) is 3.40. The van der Waals surface area contributed by atoms with E-state index in [-0.39, 0.29) is 24.4 Å². The Hall–Kier alpha value is -2.86. The molecule has 0 fully saturated rings. The van der Waals surface area contributed by atoms with E-state index in [9.17, 15) is 9.59 Å². The molecule has 1 aliphatic rings. The number of carbonyl (C=O) groups excluding carboxylic acids is 2. The van der Waals surface area contributed by atoms with Crippen LogP contribution in [0.3, 0.4) is 0 Å². The van der Waals surface area contributed by atoms with Gasteiger partial charge in [-0.15, -0.1) is 0 Å². The van der Waals surface area contributed by atoms with Gasteiger partial charge in [-0.25, -0.2) is 0 Å². The van der Waals surface area contributed by atoms with Gasteiger partial charge >= 0.3 is 0 Å². The maximum atomic E-state index is 13.0. The molecule has 1 aliphatic carbocycles. The molecule has 0 saturated carbocycles. The zero-order valence-corrected chi connectivity index (χ0v) is 17.1. The highest BCUT2D eigenvalue weighted by Crippen LogP contribution is 2.19. The lowest BCUT2D eigenvalue weighted by Gasteiger charge is -2.26. The number of carbonyl (C=O) groups is 2. The SMILES string of the molecule is CC(CN(C)CC(=O)N(Cc1ccco1)c1ccccc1)NC(=O)C1=CCCC1. The summed E-state index contributed by atoms with van der Waals surface area (Å²) in [6, 6.07) is 13.2. The van der Waals surface area contributed by atoms with Crippen LogP contribution in [0.2, 0.25) is 0 Å². The van der Waals surface area contributed by atoms with Crippen LogP contribution >= 0.6 is 0 Å². The van der Waals surface area contributed by atoms with E-state index in [1.807, 2.05) is 67.4 Å². The summed E-state index contributed by atoms with van der Waals surface area (Å²) in [6.07, 6.45) is 6.51. The van der Waals surface area contributed by atoms with Gasteiger partial charge in [0.1, 0.15) is 5.76 Å². The summed E-state index contributed by atoms with van der Waals surface area (Å²) >= 11 is 0. The molecule has 1 aromatic heterocycles. The number of amides is 2. The van der Waals surface area contributed by atoms with Gasteiger partial charge in [0.2, 0.25) is 11.8 Å². The summed E-state index contributed by atoms with van der Waals surface area (Å²) in [5.74, 6) is 0.723. The summed E-state index contributed by atoms with van der Waals surface area (Å²) in [4.78, 5) is 28.9. The lowest BCUT2D eigenvalue weighted by molar-refractivity contribution is -0.119. The topological polar surface area (TPSA) is 65.8 Å². The van der Waals surface area contributed by atoms with Crippen molar-refractivity contribution >= 4 is 17.5 Å². The lowest BCUT2D eigenvalue weighted by Crippen LogP contribution is -2.45. The van der Waals surface area contributed by atoms with Crippen LogP contribution < -0.4 is 10.2 Å². The van der Waals surface area contributed by atoms with Crippen molar-refractivity contribution in [1.82, 2.24) is 10.2 Å². The average molecular weight is 396 g/mol. The first-order chi connectivity index (χ1) is 14.0. The number of nitrogens with zero attached hydrogens (tertiary/aromatic N) is 2. The fourth-order valence-electron chi connectivity index (χ4n) is 3.58. The molecule has 3 rings (SSSR count). The molecule has 1 aromatic carbocycles. The predicted molar refractivity (Wildman–Crippen MR) is 113 cm³/mol. The van der Waals surface area contributed by atoms with Gasteiger partial charge in [-0.05, 0) is 57.5 Å². The zero-order chi connectivity index (χ0) is 20.6. The molecule has 0 aliphatic heterocycles. The van der Waals surface area contributed by atoms with Gasteiger partial charge in [-0.3, -0.25) is 14.5 Å². The van der Waals surface area contributed by atoms with Gasteiger partial charge in [0.15, 0.2) is 0 Å². The van der Waals surface area contributed by atoms with Crippen molar-refractivity contribution in [2.45, 2.75) is 38.8 Å². The standard InChI is InChI=1S/C23H29N3O3/c1-18(24-23(28)19-9-6-7-10-19)15-25(2)17-22(27)26(16-21-13-8-14-29-21)20-11-4-3-5-12-20/h3-5,8-9,11-14,18H,6-7,10,15-17H2,1-2H3,(H,24,28). The van der Waals surface area contributed by atoms with Crippen LogP contribution in [0.5, 0.6) is 0 Å². The second-order valence-corrected chi connectivity index (χ2v) is 7.59. The van der Waals surface area contributed by atoms with Crippen molar-refractivity contribution in [3.05, 3.63) is 66.1 Å². The maximum absolute atomic E-state index is 13.0. The fraction of sp³-hybridized carbons (Fsp3) is 0.391. The van der Waals surface area contributed by atoms with Crippen LogP contribution in [0.15, 0.2) is 64.8 Å². The molecular formula is C23H29N3O3. The molecular weight excluding hydrogens is 366 g/mol. The minimum absolute atomic E-state index is 0.0125. The van der Waals surface area contributed by atoms with Gasteiger partial charge in [0, 0.05) is 23.8 Å². The first-order valence-corrected chi connectivity index (χ1v) is 10.1. The van der Waals surface area contributed by atoms with Crippen LogP contribution in [-0.4, -0.2) is 42.9 Å². The Bertz CT molecular complexity index is 830. The first kappa shape index (κ1) is 20.9. The van der Waals surface area contributed by atoms with E-state index in [1.54, 1.807) is 11.2 Å². The molecule has 1 N–H and O–H groups in total. The van der Waals surface area contributed by atoms with E-state index in [2.05, 4.69) is 5.32 Å². The number of rotatable bonds is 9. The van der Waals surface area contributed by atoms with E-state index < -0.39 is 0 Å². The minimum atomic E-state index is -0.0444. The molecule has 0 saturated heterocycles. The molecule has 0 bridgehead atoms. The number of para-hydroxylation sites is 1. The fourth-order valence-corrected chi connectivity index (χ4v) is 3.58. The molecule has 2 aromatic rings. The Kier molecular flexibility index (Phi) is 7.25. The largest absolute Gasteiger partial charge is 0.467 e. The summed E-state index contributed by atoms with van der Waals surface area (Å²) in [5.41, 5.74) is 1.71. The Morgan fingerprint density at radius 1 is 1.17 bits per heavy atom. The molecule has 1 heterocycles. The summed E-state index contributed by atoms with van der Waals surface area (Å²) in [5, 5.41) is 3.03. The summed E-state index contributed by atoms with van der Waals surface area (Å²) < 4.78 is 5.44. The quantitative estimate of drug-likeness (QED) is 0.707. The number of benzene rings is 1. The Morgan fingerprint density at radius 3 is 2.62 bits per heavy atom. The van der Waals surface area contributed by atoms with Crippen molar-refractivity contribution in [3.8, 4) is 0 Å². The van der Waals surface area contributed by atoms with Crippen LogP contribution in [-0.2, 0) is 16.1 Å². The van der Waals surface area contributed by atoms with E-state index in [0.29, 0.717) is 13.1 Å². The highest BCUT2D eigenvalue weighted by Gasteiger charge is 2.21. The maximum Gasteiger partial charge on any atom is 0.247 e. The Balaban J connectivity index is 1.57. The van der Waals surface area contributed by atoms with Gasteiger partial charge in [-0.1, -0.05) is 24.3 Å². The third kappa shape index (κ3) is 6.06. The van der Waals surface area contributed by atoms with E-state index in [0.717, 1.165) is 36.3 Å². The van der Waals surface area contributed by atoms with Gasteiger partial charge < -0.3 is 14.6 Å². The molecule has 1 atom stereocenters. The lowest BCUT2D eigenvalue weighted by atomic mass is 10.2. The van der Waals surface area contributed by atoms with Gasteiger partial charge in [0.05, 0.1) is 19.4 Å². The summed E-state index contributed by atoms with van der Waals surface area (Å²) in [7, 11) is 1.89. The highest BCUT2D eigenvalue weighted by molar-refractivity contribution is 5.95. The van der Waals surface area contributed by atoms with Crippen LogP contribution in [0.1, 0.15) is 31.9 Å². The van der Waals surface area contributed by atoms with Crippen molar-refractivity contribution in [3.63, 3.8) is 0 Å². The summed E-state index contributed by atoms with van der Waals surface area (Å²) in [6.45, 7) is 3.18. The molecule has 1 unspecified atom stereocenters. The number of likely N-dealkylation sites (N-methyl/N-ethyl adjacent to an activating group) is 1. The monoisotopic (exact) mass is 395 g/mol. The number of allylic oxidation sites excluding steroid dienone is 1. The minimum Gasteiger partial charge on any atom is -0.467 e. The number of hydrogen-bond donors (Lipinski definition) is 1. The zero-order valence-electron chi connectivity index (χ0n) is 17.1. The van der Waals surface area contributed by atoms with E-state index >= 15 is 0 Å². The predicted octanol–water partition coefficient (Wildman–Crippen LogP) is 3.36. The van der Waals surface area contributed by atoms with Crippen molar-refractivity contribution in [2.75, 3.05) is 25.0 Å². The third-order valence-corrected chi connectivity index (χ3v) is 4.96. The van der Waals surface area contributed by atoms with Gasteiger partial charge in [-0.2, -0.15) is 0 Å². The molecule has 154 valence electrons.